The van der Waals surface area contributed by atoms with E-state index >= 15 is 0 Å². The fourth-order valence-corrected chi connectivity index (χ4v) is 9.48. The number of fused-ring (bicyclic) bond motifs is 7. The number of hydrogen-bond donors (Lipinski definition) is 2. The summed E-state index contributed by atoms with van der Waals surface area (Å²) in [5.41, 5.74) is 1.23. The Hall–Kier alpha value is -2.45. The number of nitrogens with one attached hydrogen (secondary N) is 2. The van der Waals surface area contributed by atoms with Crippen LogP contribution >= 0.6 is 0 Å². The number of carbonyl (C=O) groups excluding carboxylic acids is 1. The van der Waals surface area contributed by atoms with Crippen molar-refractivity contribution in [2.24, 2.45) is 22.7 Å². The van der Waals surface area contributed by atoms with Crippen molar-refractivity contribution in [2.75, 3.05) is 29.9 Å². The van der Waals surface area contributed by atoms with Gasteiger partial charge in [0, 0.05) is 30.9 Å². The topological polar surface area (TPSA) is 163 Å². The average Bonchev–Trinajstić information content (AvgIpc) is 3.94. The molecule has 1 atom stereocenters. The molecule has 3 aromatic rings. The predicted molar refractivity (Wildman–Crippen MR) is 174 cm³/mol. The van der Waals surface area contributed by atoms with Crippen LogP contribution in [0.1, 0.15) is 75.6 Å². The number of hydrogen-bond acceptors (Lipinski definition) is 9. The van der Waals surface area contributed by atoms with Crippen LogP contribution < -0.4 is 19.7 Å². The van der Waals surface area contributed by atoms with Crippen molar-refractivity contribution in [3.63, 3.8) is 0 Å². The van der Waals surface area contributed by atoms with E-state index in [1.54, 1.807) is 28.9 Å². The third-order valence-corrected chi connectivity index (χ3v) is 12.1. The Labute approximate surface area is 299 Å². The minimum atomic E-state index is -4.22. The van der Waals surface area contributed by atoms with E-state index in [0.717, 1.165) is 31.6 Å². The smallest absolute Gasteiger partial charge is 0.477 e. The van der Waals surface area contributed by atoms with Gasteiger partial charge in [-0.1, -0.05) is 6.07 Å². The molecule has 12 nitrogen and oxygen atoms in total. The zero-order valence-electron chi connectivity index (χ0n) is 26.5. The molecule has 3 aromatic heterocycles. The van der Waals surface area contributed by atoms with Gasteiger partial charge in [0.1, 0.15) is 11.6 Å². The summed E-state index contributed by atoms with van der Waals surface area (Å²) in [6, 6.07) is 9.89. The van der Waals surface area contributed by atoms with E-state index in [2.05, 4.69) is 38.9 Å². The Morgan fingerprint density at radius 3 is 2.54 bits per heavy atom. The summed E-state index contributed by atoms with van der Waals surface area (Å²) in [6.45, 7) is 6.33. The van der Waals surface area contributed by atoms with Crippen LogP contribution in [-0.4, -0.2) is 103 Å². The first-order chi connectivity index (χ1) is 21.1. The van der Waals surface area contributed by atoms with Gasteiger partial charge >= 0.3 is 37.7 Å². The molecular weight excluding hydrogens is 635 g/mol. The first kappa shape index (κ1) is 33.5. The molecule has 5 heterocycles. The molecule has 0 radical (unpaired) electrons. The van der Waals surface area contributed by atoms with E-state index in [4.69, 9.17) is 9.72 Å². The van der Waals surface area contributed by atoms with Gasteiger partial charge < -0.3 is 20.4 Å². The SMILES string of the molecule is CC1(C)C[C@@H]2CCCNc3cccc(n3)S(=O)(=O)NC(=O)c3ccc(-n4ccc(OCCC5C6(CC6)C56CC6)n4)nc3N1C2.O.[Ca+2]. The third kappa shape index (κ3) is 5.69. The number of aromatic nitrogens is 4. The molecule has 0 aromatic carbocycles. The number of pyridine rings is 2. The number of nitrogens with zero attached hydrogens (tertiary/aromatic N) is 5. The maximum Gasteiger partial charge on any atom is 2.00 e. The fraction of sp³-hybridized carbons (Fsp3) is 0.562. The summed E-state index contributed by atoms with van der Waals surface area (Å²) >= 11 is 0. The zero-order chi connectivity index (χ0) is 30.3. The summed E-state index contributed by atoms with van der Waals surface area (Å²) in [7, 11) is -4.22. The Balaban J connectivity index is 0.00000186. The molecule has 2 spiro atoms. The average molecular weight is 676 g/mol. The minimum Gasteiger partial charge on any atom is -0.477 e. The molecule has 4 bridgehead atoms. The number of amides is 1. The van der Waals surface area contributed by atoms with Crippen molar-refractivity contribution in [2.45, 2.75) is 75.8 Å². The Bertz CT molecular complexity index is 1740. The van der Waals surface area contributed by atoms with Crippen LogP contribution in [0.3, 0.4) is 0 Å². The molecule has 4 fully saturated rings. The Morgan fingerprint density at radius 2 is 1.80 bits per heavy atom. The summed E-state index contributed by atoms with van der Waals surface area (Å²) in [5, 5.41) is 7.65. The molecule has 3 aliphatic carbocycles. The third-order valence-electron chi connectivity index (χ3n) is 10.9. The standard InChI is InChI=1S/C32H39N7O4S.Ca.H2O/c1-30(2)19-21-5-4-16-33-24-6-3-7-27(34-24)44(41,42)37-29(40)22-8-9-25(35-28(22)38(30)20-21)39-17-10-26(36-39)43-18-11-23-31(12-13-31)32(23)14-15-32;;/h3,6-10,17,21,23H,4-5,11-16,18-20H2,1-2H3,(H,33,34)(H,37,40);;1H2/q;+2;/t21-;;/m0../s1. The van der Waals surface area contributed by atoms with E-state index < -0.39 is 15.9 Å². The Kier molecular flexibility index (Phi) is 8.66. The van der Waals surface area contributed by atoms with Crippen molar-refractivity contribution in [3.8, 4) is 11.7 Å². The van der Waals surface area contributed by atoms with Gasteiger partial charge in [-0.15, -0.1) is 5.10 Å². The molecule has 1 saturated heterocycles. The van der Waals surface area contributed by atoms with Gasteiger partial charge in [0.2, 0.25) is 5.88 Å². The molecule has 5 aliphatic rings. The molecular formula is C32H41CaN7O5S+2. The number of sulfonamides is 1. The molecule has 0 unspecified atom stereocenters. The van der Waals surface area contributed by atoms with Gasteiger partial charge in [-0.3, -0.25) is 4.79 Å². The van der Waals surface area contributed by atoms with E-state index in [-0.39, 0.29) is 59.3 Å². The first-order valence-corrected chi connectivity index (χ1v) is 17.3. The van der Waals surface area contributed by atoms with Crippen LogP contribution in [0, 0.1) is 22.7 Å². The van der Waals surface area contributed by atoms with Crippen LogP contribution in [0.15, 0.2) is 47.6 Å². The summed E-state index contributed by atoms with van der Waals surface area (Å²) in [4.78, 5) is 25.0. The van der Waals surface area contributed by atoms with Gasteiger partial charge in [0.15, 0.2) is 10.8 Å². The molecule has 2 aliphatic heterocycles. The number of rotatable bonds is 5. The summed E-state index contributed by atoms with van der Waals surface area (Å²) in [6.07, 6.45) is 11.3. The van der Waals surface area contributed by atoms with Crippen LogP contribution in [0.2, 0.25) is 0 Å². The minimum absolute atomic E-state index is 0. The van der Waals surface area contributed by atoms with Gasteiger partial charge in [0.25, 0.3) is 15.9 Å². The van der Waals surface area contributed by atoms with E-state index in [1.165, 1.54) is 31.7 Å². The van der Waals surface area contributed by atoms with Crippen molar-refractivity contribution in [1.29, 1.82) is 0 Å². The molecule has 46 heavy (non-hydrogen) atoms. The van der Waals surface area contributed by atoms with Gasteiger partial charge in [-0.05, 0) is 112 Å². The largest absolute Gasteiger partial charge is 2.00 e. The van der Waals surface area contributed by atoms with Gasteiger partial charge in [-0.25, -0.2) is 19.4 Å². The Morgan fingerprint density at radius 1 is 1.04 bits per heavy atom. The van der Waals surface area contributed by atoms with Crippen molar-refractivity contribution in [3.05, 3.63) is 48.2 Å². The van der Waals surface area contributed by atoms with Crippen molar-refractivity contribution >= 4 is 65.3 Å². The van der Waals surface area contributed by atoms with Gasteiger partial charge in [0.05, 0.1) is 12.2 Å². The second kappa shape index (κ2) is 11.9. The van der Waals surface area contributed by atoms with Crippen LogP contribution in [-0.2, 0) is 10.0 Å². The normalized spacial score (nSPS) is 24.3. The summed E-state index contributed by atoms with van der Waals surface area (Å²) < 4.78 is 36.4. The number of ether oxygens (including phenoxy) is 1. The maximum atomic E-state index is 13.6. The van der Waals surface area contributed by atoms with E-state index in [1.807, 2.05) is 12.3 Å². The quantitative estimate of drug-likeness (QED) is 0.386. The second-order valence-corrected chi connectivity index (χ2v) is 15.6. The molecule has 1 amide bonds. The van der Waals surface area contributed by atoms with Crippen LogP contribution in [0.5, 0.6) is 5.88 Å². The van der Waals surface area contributed by atoms with Crippen molar-refractivity contribution in [1.82, 2.24) is 24.5 Å². The molecule has 240 valence electrons. The van der Waals surface area contributed by atoms with Crippen LogP contribution in [0.25, 0.3) is 5.82 Å². The van der Waals surface area contributed by atoms with Crippen LogP contribution in [0.4, 0.5) is 11.6 Å². The number of anilines is 2. The van der Waals surface area contributed by atoms with Crippen molar-refractivity contribution < 1.29 is 23.4 Å². The fourth-order valence-electron chi connectivity index (χ4n) is 8.55. The molecule has 4 N–H and O–H groups in total. The van der Waals surface area contributed by atoms with E-state index in [0.29, 0.717) is 59.8 Å². The molecule has 3 saturated carbocycles. The zero-order valence-corrected chi connectivity index (χ0v) is 29.5. The number of carbonyl (C=O) groups is 1. The van der Waals surface area contributed by atoms with E-state index in [9.17, 15) is 13.2 Å². The maximum absolute atomic E-state index is 13.6. The molecule has 14 heteroatoms. The molecule has 8 rings (SSSR count). The predicted octanol–water partition coefficient (Wildman–Crippen LogP) is 3.35. The van der Waals surface area contributed by atoms with Gasteiger partial charge in [-0.2, -0.15) is 8.42 Å². The first-order valence-electron chi connectivity index (χ1n) is 15.9. The monoisotopic (exact) mass is 675 g/mol. The second-order valence-electron chi connectivity index (χ2n) is 14.0. The summed E-state index contributed by atoms with van der Waals surface area (Å²) in [5.74, 6) is 2.44.